The van der Waals surface area contributed by atoms with E-state index in [0.717, 1.165) is 34.1 Å². The molecule has 42 heavy (non-hydrogen) atoms. The average molecular weight is 663 g/mol. The summed E-state index contributed by atoms with van der Waals surface area (Å²) in [5.41, 5.74) is 3.47. The summed E-state index contributed by atoms with van der Waals surface area (Å²) in [6.07, 6.45) is 6.65. The molecular weight excluding hydrogens is 633 g/mol. The molecule has 1 aromatic heterocycles. The topological polar surface area (TPSA) is 92.7 Å². The van der Waals surface area contributed by atoms with Gasteiger partial charge in [-0.3, -0.25) is 4.79 Å². The Labute approximate surface area is 287 Å². The zero-order valence-electron chi connectivity index (χ0n) is 23.7. The largest absolute Gasteiger partial charge is 1.00 e. The molecule has 0 saturated heterocycles. The van der Waals surface area contributed by atoms with Crippen LogP contribution in [-0.4, -0.2) is 34.7 Å². The second kappa shape index (κ2) is 15.2. The van der Waals surface area contributed by atoms with Gasteiger partial charge >= 0.3 is 35.5 Å². The molecule has 4 rings (SSSR count). The van der Waals surface area contributed by atoms with E-state index in [1.165, 1.54) is 0 Å². The number of nitrogens with zero attached hydrogens (tertiary/aromatic N) is 4. The van der Waals surface area contributed by atoms with Gasteiger partial charge in [-0.1, -0.05) is 52.5 Å². The maximum Gasteiger partial charge on any atom is 1.00 e. The van der Waals surface area contributed by atoms with E-state index in [9.17, 15) is 19.8 Å². The van der Waals surface area contributed by atoms with Gasteiger partial charge in [0.2, 0.25) is 0 Å². The molecule has 3 aromatic rings. The van der Waals surface area contributed by atoms with Crippen LogP contribution < -0.4 is 49.0 Å². The van der Waals surface area contributed by atoms with E-state index in [1.54, 1.807) is 12.1 Å². The van der Waals surface area contributed by atoms with Gasteiger partial charge in [-0.15, -0.1) is 0 Å². The molecular formula is C29H30Cl4N4NaO4+. The van der Waals surface area contributed by atoms with E-state index >= 15 is 0 Å². The van der Waals surface area contributed by atoms with Crippen molar-refractivity contribution >= 4 is 86.8 Å². The smallest absolute Gasteiger partial charge is 0.550 e. The number of benzene rings is 2. The Hall–Kier alpha value is -1.91. The molecule has 0 amide bonds. The molecule has 8 nitrogen and oxygen atoms in total. The number of anilines is 2. The van der Waals surface area contributed by atoms with Crippen LogP contribution in [0.1, 0.15) is 45.4 Å². The maximum atomic E-state index is 11.2. The van der Waals surface area contributed by atoms with E-state index in [0.29, 0.717) is 59.1 Å². The summed E-state index contributed by atoms with van der Waals surface area (Å²) >= 11 is 25.4. The Bertz CT molecular complexity index is 1560. The summed E-state index contributed by atoms with van der Waals surface area (Å²) in [5, 5.41) is 22.0. The summed E-state index contributed by atoms with van der Waals surface area (Å²) in [7, 11) is 0. The first-order valence-electron chi connectivity index (χ1n) is 13.3. The van der Waals surface area contributed by atoms with Crippen molar-refractivity contribution in [1.82, 2.24) is 4.57 Å². The van der Waals surface area contributed by atoms with Crippen molar-refractivity contribution in [1.29, 1.82) is 0 Å². The molecule has 0 saturated carbocycles. The number of hydrogen-bond donors (Lipinski definition) is 1. The molecule has 0 unspecified atom stereocenters. The SMILES string of the molecule is CCN1C(=CC=Cc2n(CC)c3cc(Cl)c(Cl)cc3[n+]2CCCC(=O)[O-])N(CCCC(=O)O)c2cc(Cl)c(Cl)cc21.[Na+]. The molecule has 1 aliphatic heterocycles. The van der Waals surface area contributed by atoms with Crippen LogP contribution in [0.3, 0.4) is 0 Å². The third kappa shape index (κ3) is 7.41. The first-order chi connectivity index (χ1) is 19.6. The fourth-order valence-corrected chi connectivity index (χ4v) is 5.82. The van der Waals surface area contributed by atoms with Crippen LogP contribution in [0.25, 0.3) is 17.1 Å². The van der Waals surface area contributed by atoms with Gasteiger partial charge in [0, 0.05) is 43.7 Å². The normalized spacial score (nSPS) is 13.8. The number of aryl methyl sites for hydroxylation is 2. The van der Waals surface area contributed by atoms with Gasteiger partial charge in [-0.25, -0.2) is 9.13 Å². The first kappa shape index (κ1) is 34.6. The van der Waals surface area contributed by atoms with Crippen LogP contribution in [0.4, 0.5) is 11.4 Å². The predicted octanol–water partition coefficient (Wildman–Crippen LogP) is 3.16. The number of carbonyl (C=O) groups excluding carboxylic acids is 1. The molecule has 0 spiro atoms. The zero-order valence-corrected chi connectivity index (χ0v) is 28.7. The molecule has 0 aliphatic carbocycles. The molecule has 13 heteroatoms. The van der Waals surface area contributed by atoms with Gasteiger partial charge in [0.25, 0.3) is 5.82 Å². The van der Waals surface area contributed by atoms with Gasteiger partial charge in [0.1, 0.15) is 5.82 Å². The number of carboxylic acid groups (broad SMARTS) is 2. The molecule has 0 fully saturated rings. The second-order valence-corrected chi connectivity index (χ2v) is 11.1. The Morgan fingerprint density at radius 3 is 2.12 bits per heavy atom. The molecule has 218 valence electrons. The Morgan fingerprint density at radius 1 is 0.905 bits per heavy atom. The van der Waals surface area contributed by atoms with Gasteiger partial charge in [0.15, 0.2) is 11.0 Å². The third-order valence-corrected chi connectivity index (χ3v) is 8.41. The summed E-state index contributed by atoms with van der Waals surface area (Å²) in [6.45, 7) is 6.25. The minimum atomic E-state index is -1.10. The van der Waals surface area contributed by atoms with Crippen LogP contribution >= 0.6 is 46.4 Å². The van der Waals surface area contributed by atoms with Crippen molar-refractivity contribution in [3.63, 3.8) is 0 Å². The van der Waals surface area contributed by atoms with E-state index in [1.807, 2.05) is 48.8 Å². The number of imidazole rings is 1. The standard InChI is InChI=1S/C29H30Cl4N4O4.Na/c1-3-34-22-14-18(30)20(32)16-24(22)36(12-6-10-28(38)39)26(34)8-5-9-27-35(4-2)23-15-19(31)21(33)17-25(23)37(27)13-7-11-29(40)41;/h5,8-9,14-17H,3-4,6-7,10-13H2,1-2H3,(H-,38,39,40,41);/q;+1. The summed E-state index contributed by atoms with van der Waals surface area (Å²) in [4.78, 5) is 26.5. The van der Waals surface area contributed by atoms with Gasteiger partial charge in [-0.05, 0) is 51.3 Å². The molecule has 0 atom stereocenters. The minimum Gasteiger partial charge on any atom is -0.550 e. The van der Waals surface area contributed by atoms with Crippen LogP contribution in [0.2, 0.25) is 20.1 Å². The number of fused-ring (bicyclic) bond motifs is 2. The van der Waals surface area contributed by atoms with E-state index < -0.39 is 11.9 Å². The summed E-state index contributed by atoms with van der Waals surface area (Å²) < 4.78 is 4.13. The number of allylic oxidation sites excluding steroid dienone is 2. The third-order valence-electron chi connectivity index (χ3n) is 6.96. The van der Waals surface area contributed by atoms with Crippen molar-refractivity contribution in [3.8, 4) is 0 Å². The van der Waals surface area contributed by atoms with Crippen molar-refractivity contribution < 1.29 is 53.9 Å². The predicted molar refractivity (Wildman–Crippen MR) is 163 cm³/mol. The van der Waals surface area contributed by atoms with Gasteiger partial charge in [0.05, 0.1) is 44.6 Å². The second-order valence-electron chi connectivity index (χ2n) is 9.52. The van der Waals surface area contributed by atoms with Crippen LogP contribution in [0.15, 0.2) is 42.2 Å². The van der Waals surface area contributed by atoms with Crippen molar-refractivity contribution in [2.24, 2.45) is 0 Å². The van der Waals surface area contributed by atoms with Crippen LogP contribution in [-0.2, 0) is 22.7 Å². The van der Waals surface area contributed by atoms with Crippen molar-refractivity contribution in [3.05, 3.63) is 68.2 Å². The average Bonchev–Trinajstić information content (AvgIpc) is 3.34. The minimum absolute atomic E-state index is 0. The van der Waals surface area contributed by atoms with Crippen LogP contribution in [0, 0.1) is 0 Å². The molecule has 2 aromatic carbocycles. The monoisotopic (exact) mass is 661 g/mol. The molecule has 0 bridgehead atoms. The van der Waals surface area contributed by atoms with Crippen molar-refractivity contribution in [2.75, 3.05) is 22.9 Å². The summed E-state index contributed by atoms with van der Waals surface area (Å²) in [6, 6.07) is 7.24. The van der Waals surface area contributed by atoms with Crippen molar-refractivity contribution in [2.45, 2.75) is 52.6 Å². The van der Waals surface area contributed by atoms with E-state index in [2.05, 4.69) is 14.4 Å². The quantitative estimate of drug-likeness (QED) is 0.237. The number of carboxylic acids is 2. The fourth-order valence-electron chi connectivity index (χ4n) is 5.19. The van der Waals surface area contributed by atoms with Gasteiger partial charge < -0.3 is 24.8 Å². The van der Waals surface area contributed by atoms with E-state index in [-0.39, 0.29) is 42.4 Å². The van der Waals surface area contributed by atoms with Gasteiger partial charge in [-0.2, -0.15) is 0 Å². The number of carbonyl (C=O) groups is 2. The number of hydrogen-bond acceptors (Lipinski definition) is 5. The Morgan fingerprint density at radius 2 is 1.52 bits per heavy atom. The molecule has 2 heterocycles. The number of rotatable bonds is 12. The van der Waals surface area contributed by atoms with E-state index in [4.69, 9.17) is 46.4 Å². The summed E-state index contributed by atoms with van der Waals surface area (Å²) in [5.74, 6) is -0.252. The van der Waals surface area contributed by atoms with Crippen LogP contribution in [0.5, 0.6) is 0 Å². The Kier molecular flexibility index (Phi) is 12.5. The first-order valence-corrected chi connectivity index (χ1v) is 14.8. The molecule has 0 radical (unpaired) electrons. The molecule has 1 aliphatic rings. The fraction of sp³-hybridized carbons (Fsp3) is 0.345. The number of aliphatic carboxylic acids is 2. The zero-order chi connectivity index (χ0) is 29.8. The molecule has 1 N–H and O–H groups in total. The Balaban J connectivity index is 0.00000484. The maximum absolute atomic E-state index is 11.2. The number of halogens is 4. The number of aromatic nitrogens is 2.